The van der Waals surface area contributed by atoms with Crippen molar-refractivity contribution >= 4 is 14.9 Å². The fourth-order valence-corrected chi connectivity index (χ4v) is 5.21. The van der Waals surface area contributed by atoms with Crippen LogP contribution >= 0.6 is 0 Å². The Morgan fingerprint density at radius 2 is 1.90 bits per heavy atom. The number of sulfone groups is 1. The summed E-state index contributed by atoms with van der Waals surface area (Å²) in [6, 6.07) is 0. The summed E-state index contributed by atoms with van der Waals surface area (Å²) in [4.78, 5) is 5.07. The van der Waals surface area contributed by atoms with Crippen molar-refractivity contribution in [1.29, 1.82) is 0 Å². The lowest BCUT2D eigenvalue weighted by Crippen LogP contribution is -2.24. The highest BCUT2D eigenvalue weighted by molar-refractivity contribution is 8.05. The van der Waals surface area contributed by atoms with Crippen molar-refractivity contribution in [1.82, 2.24) is 9.78 Å². The Labute approximate surface area is 168 Å². The molecule has 0 radical (unpaired) electrons. The van der Waals surface area contributed by atoms with Crippen LogP contribution in [0.5, 0.6) is 5.88 Å². The Bertz CT molecular complexity index is 885. The molecule has 0 spiro atoms. The van der Waals surface area contributed by atoms with Crippen LogP contribution in [0.25, 0.3) is 0 Å². The minimum atomic E-state index is -4.80. The van der Waals surface area contributed by atoms with Crippen molar-refractivity contribution in [2.75, 3.05) is 6.61 Å². The average molecular weight is 437 g/mol. The van der Waals surface area contributed by atoms with E-state index in [2.05, 4.69) is 10.3 Å². The van der Waals surface area contributed by atoms with Crippen molar-refractivity contribution in [2.45, 2.75) is 69.9 Å². The van der Waals surface area contributed by atoms with Crippen LogP contribution in [0.15, 0.2) is 5.16 Å². The van der Waals surface area contributed by atoms with Gasteiger partial charge in [0.2, 0.25) is 5.88 Å². The lowest BCUT2D eigenvalue weighted by Gasteiger charge is -2.22. The highest BCUT2D eigenvalue weighted by atomic mass is 32.2. The smallest absolute Gasteiger partial charge is 0.435 e. The number of oxime groups is 1. The minimum Gasteiger partial charge on any atom is -0.477 e. The van der Waals surface area contributed by atoms with Crippen molar-refractivity contribution in [3.63, 3.8) is 0 Å². The molecule has 0 N–H and O–H groups in total. The van der Waals surface area contributed by atoms with Gasteiger partial charge < -0.3 is 9.57 Å². The number of halogens is 3. The molecule has 0 amide bonds. The molecule has 1 aromatic rings. The van der Waals surface area contributed by atoms with Crippen molar-refractivity contribution in [3.05, 3.63) is 11.3 Å². The molecular weight excluding hydrogens is 411 g/mol. The van der Waals surface area contributed by atoms with Gasteiger partial charge >= 0.3 is 6.18 Å². The Morgan fingerprint density at radius 1 is 1.24 bits per heavy atom. The number of alkyl halides is 3. The minimum absolute atomic E-state index is 0.00475. The molecule has 2 heterocycles. The van der Waals surface area contributed by atoms with E-state index in [1.54, 1.807) is 13.8 Å². The van der Waals surface area contributed by atoms with Gasteiger partial charge in [-0.15, -0.1) is 0 Å². The number of hydrogen-bond acceptors (Lipinski definition) is 6. The van der Waals surface area contributed by atoms with Crippen LogP contribution in [-0.4, -0.2) is 35.4 Å². The van der Waals surface area contributed by atoms with E-state index >= 15 is 0 Å². The maximum Gasteiger partial charge on any atom is 0.435 e. The molecule has 0 unspecified atom stereocenters. The topological polar surface area (TPSA) is 82.8 Å². The zero-order chi connectivity index (χ0) is 21.4. The maximum absolute atomic E-state index is 13.5. The van der Waals surface area contributed by atoms with Crippen molar-refractivity contribution in [3.8, 4) is 5.88 Å². The van der Waals surface area contributed by atoms with E-state index in [9.17, 15) is 21.6 Å². The highest BCUT2D eigenvalue weighted by Gasteiger charge is 2.43. The van der Waals surface area contributed by atoms with Gasteiger partial charge in [-0.3, -0.25) is 0 Å². The molecule has 0 saturated heterocycles. The predicted molar refractivity (Wildman–Crippen MR) is 100 cm³/mol. The Balaban J connectivity index is 1.88. The first-order valence-corrected chi connectivity index (χ1v) is 11.3. The van der Waals surface area contributed by atoms with E-state index < -0.39 is 38.6 Å². The van der Waals surface area contributed by atoms with E-state index in [4.69, 9.17) is 9.57 Å². The van der Waals surface area contributed by atoms with Gasteiger partial charge in [-0.1, -0.05) is 24.4 Å². The first-order valence-electron chi connectivity index (χ1n) is 9.63. The molecule has 1 aliphatic carbocycles. The first-order chi connectivity index (χ1) is 13.4. The number of nitrogens with zero attached hydrogens (tertiary/aromatic N) is 3. The normalized spacial score (nSPS) is 20.4. The summed E-state index contributed by atoms with van der Waals surface area (Å²) in [5.74, 6) is -0.815. The monoisotopic (exact) mass is 437 g/mol. The Morgan fingerprint density at radius 3 is 2.45 bits per heavy atom. The van der Waals surface area contributed by atoms with Gasteiger partial charge in [0, 0.05) is 13.5 Å². The van der Waals surface area contributed by atoms with Crippen LogP contribution in [-0.2, 0) is 33.7 Å². The molecule has 29 heavy (non-hydrogen) atoms. The SMILES string of the molecule is Cn1nc(C(F)(F)F)c(CS(=O)(=O)C2=NOC(C)(C)C2)c1OCC1CCCCC1. The zero-order valence-corrected chi connectivity index (χ0v) is 17.6. The van der Waals surface area contributed by atoms with Gasteiger partial charge in [0.25, 0.3) is 0 Å². The molecule has 1 aliphatic heterocycles. The van der Waals surface area contributed by atoms with Crippen LogP contribution in [0.1, 0.15) is 63.6 Å². The number of rotatable bonds is 5. The van der Waals surface area contributed by atoms with Crippen LogP contribution in [0.3, 0.4) is 0 Å². The summed E-state index contributed by atoms with van der Waals surface area (Å²) in [5.41, 5.74) is -2.55. The van der Waals surface area contributed by atoms with E-state index in [0.717, 1.165) is 36.8 Å². The summed E-state index contributed by atoms with van der Waals surface area (Å²) in [6.07, 6.45) is 0.345. The summed E-state index contributed by atoms with van der Waals surface area (Å²) < 4.78 is 72.8. The predicted octanol–water partition coefficient (Wildman–Crippen LogP) is 3.83. The van der Waals surface area contributed by atoms with Crippen LogP contribution in [0.2, 0.25) is 0 Å². The summed E-state index contributed by atoms with van der Waals surface area (Å²) in [5, 5.41) is 6.83. The molecule has 3 rings (SSSR count). The molecule has 1 aromatic heterocycles. The van der Waals surface area contributed by atoms with E-state index in [1.807, 2.05) is 0 Å². The van der Waals surface area contributed by atoms with Gasteiger partial charge in [0.1, 0.15) is 5.60 Å². The Hall–Kier alpha value is -1.78. The number of aromatic nitrogens is 2. The van der Waals surface area contributed by atoms with E-state index in [-0.39, 0.29) is 29.9 Å². The lowest BCUT2D eigenvalue weighted by atomic mass is 9.90. The third-order valence-electron chi connectivity index (χ3n) is 5.20. The van der Waals surface area contributed by atoms with Gasteiger partial charge in [0.05, 0.1) is 17.9 Å². The highest BCUT2D eigenvalue weighted by Crippen LogP contribution is 2.38. The maximum atomic E-state index is 13.5. The fraction of sp³-hybridized carbons (Fsp3) is 0.778. The quantitative estimate of drug-likeness (QED) is 0.699. The third-order valence-corrected chi connectivity index (χ3v) is 6.81. The standard InChI is InChI=1S/C18H26F3N3O4S/c1-17(2)9-14(23-28-17)29(25,26)11-13-15(18(19,20)21)22-24(3)16(13)27-10-12-7-5-4-6-8-12/h12H,4-11H2,1-3H3. The van der Waals surface area contributed by atoms with Crippen molar-refractivity contribution in [2.24, 2.45) is 18.1 Å². The molecule has 11 heteroatoms. The Kier molecular flexibility index (Phi) is 5.90. The van der Waals surface area contributed by atoms with E-state index in [1.165, 1.54) is 7.05 Å². The first kappa shape index (κ1) is 21.9. The van der Waals surface area contributed by atoms with E-state index in [0.29, 0.717) is 0 Å². The van der Waals surface area contributed by atoms with Crippen molar-refractivity contribution < 1.29 is 31.2 Å². The van der Waals surface area contributed by atoms with Crippen LogP contribution in [0.4, 0.5) is 13.2 Å². The molecule has 164 valence electrons. The van der Waals surface area contributed by atoms with Gasteiger partial charge in [-0.05, 0) is 32.6 Å². The molecular formula is C18H26F3N3O4S. The number of ether oxygens (including phenoxy) is 1. The number of hydrogen-bond donors (Lipinski definition) is 0. The van der Waals surface area contributed by atoms with Crippen LogP contribution < -0.4 is 4.74 Å². The average Bonchev–Trinajstić information content (AvgIpc) is 3.14. The summed E-state index contributed by atoms with van der Waals surface area (Å²) in [6.45, 7) is 3.55. The molecule has 2 aliphatic rings. The third kappa shape index (κ3) is 5.04. The molecule has 7 nitrogen and oxygen atoms in total. The second-order valence-electron chi connectivity index (χ2n) is 8.34. The number of aryl methyl sites for hydroxylation is 1. The second kappa shape index (κ2) is 7.81. The van der Waals surface area contributed by atoms with Gasteiger partial charge in [-0.2, -0.15) is 18.3 Å². The second-order valence-corrected chi connectivity index (χ2v) is 10.3. The molecule has 0 aromatic carbocycles. The van der Waals surface area contributed by atoms with Gasteiger partial charge in [0.15, 0.2) is 20.6 Å². The van der Waals surface area contributed by atoms with Crippen LogP contribution in [0, 0.1) is 5.92 Å². The molecule has 1 fully saturated rings. The lowest BCUT2D eigenvalue weighted by molar-refractivity contribution is -0.141. The largest absolute Gasteiger partial charge is 0.477 e. The molecule has 0 atom stereocenters. The molecule has 0 bridgehead atoms. The fourth-order valence-electron chi connectivity index (χ4n) is 3.68. The summed E-state index contributed by atoms with van der Waals surface area (Å²) in [7, 11) is -2.81. The summed E-state index contributed by atoms with van der Waals surface area (Å²) >= 11 is 0. The van der Waals surface area contributed by atoms with Gasteiger partial charge in [-0.25, -0.2) is 13.1 Å². The molecule has 1 saturated carbocycles. The zero-order valence-electron chi connectivity index (χ0n) is 16.8.